The Morgan fingerprint density at radius 2 is 1.73 bits per heavy atom. The van der Waals surface area contributed by atoms with Gasteiger partial charge in [-0.15, -0.1) is 0 Å². The average molecular weight is 452 g/mol. The second-order valence-corrected chi connectivity index (χ2v) is 8.71. The van der Waals surface area contributed by atoms with E-state index in [-0.39, 0.29) is 24.5 Å². The van der Waals surface area contributed by atoms with Crippen LogP contribution in [-0.2, 0) is 9.59 Å². The van der Waals surface area contributed by atoms with Crippen LogP contribution in [0.15, 0.2) is 48.5 Å². The van der Waals surface area contributed by atoms with Crippen molar-refractivity contribution in [2.75, 3.05) is 51.3 Å². The third-order valence-electron chi connectivity index (χ3n) is 6.29. The minimum atomic E-state index is -0.0829. The van der Waals surface area contributed by atoms with E-state index < -0.39 is 0 Å². The highest BCUT2D eigenvalue weighted by Crippen LogP contribution is 2.29. The summed E-state index contributed by atoms with van der Waals surface area (Å²) in [6.07, 6.45) is 2.33. The number of nitrogens with zero attached hydrogens (tertiary/aromatic N) is 3. The van der Waals surface area contributed by atoms with E-state index in [1.807, 2.05) is 21.9 Å². The number of aryl methyl sites for hydroxylation is 1. The summed E-state index contributed by atoms with van der Waals surface area (Å²) in [7, 11) is 1.58. The number of anilines is 1. The van der Waals surface area contributed by atoms with Crippen molar-refractivity contribution in [3.05, 3.63) is 54.1 Å². The maximum Gasteiger partial charge on any atom is 0.260 e. The largest absolute Gasteiger partial charge is 0.493 e. The fourth-order valence-corrected chi connectivity index (χ4v) is 4.27. The molecule has 7 nitrogen and oxygen atoms in total. The van der Waals surface area contributed by atoms with Gasteiger partial charge in [-0.2, -0.15) is 0 Å². The van der Waals surface area contributed by atoms with Crippen molar-refractivity contribution in [3.8, 4) is 11.5 Å². The molecule has 2 aromatic carbocycles. The minimum Gasteiger partial charge on any atom is -0.493 e. The zero-order valence-corrected chi connectivity index (χ0v) is 19.5. The van der Waals surface area contributed by atoms with Gasteiger partial charge in [-0.05, 0) is 49.6 Å². The summed E-state index contributed by atoms with van der Waals surface area (Å²) in [5, 5.41) is 0. The number of carbonyl (C=O) groups excluding carboxylic acids is 2. The molecule has 33 heavy (non-hydrogen) atoms. The molecule has 4 rings (SSSR count). The van der Waals surface area contributed by atoms with E-state index in [9.17, 15) is 9.59 Å². The predicted molar refractivity (Wildman–Crippen MR) is 128 cm³/mol. The first-order valence-electron chi connectivity index (χ1n) is 11.7. The van der Waals surface area contributed by atoms with Crippen LogP contribution in [0.2, 0.25) is 0 Å². The van der Waals surface area contributed by atoms with Crippen LogP contribution in [0.3, 0.4) is 0 Å². The summed E-state index contributed by atoms with van der Waals surface area (Å²) >= 11 is 0. The Morgan fingerprint density at radius 1 is 1.00 bits per heavy atom. The molecule has 0 bridgehead atoms. The van der Waals surface area contributed by atoms with E-state index in [0.717, 1.165) is 25.9 Å². The monoisotopic (exact) mass is 451 g/mol. The summed E-state index contributed by atoms with van der Waals surface area (Å²) in [6.45, 7) is 5.55. The molecule has 0 aromatic heterocycles. The van der Waals surface area contributed by atoms with Crippen LogP contribution in [0.1, 0.15) is 24.8 Å². The number of ether oxygens (including phenoxy) is 2. The lowest BCUT2D eigenvalue weighted by Crippen LogP contribution is -2.49. The van der Waals surface area contributed by atoms with Crippen LogP contribution in [0.5, 0.6) is 11.5 Å². The molecule has 1 aliphatic heterocycles. The molecule has 0 unspecified atom stereocenters. The zero-order chi connectivity index (χ0) is 23.2. The predicted octanol–water partition coefficient (Wildman–Crippen LogP) is 3.11. The number of rotatable bonds is 9. The van der Waals surface area contributed by atoms with Gasteiger partial charge >= 0.3 is 0 Å². The molecule has 7 heteroatoms. The molecule has 0 spiro atoms. The second kappa shape index (κ2) is 10.6. The van der Waals surface area contributed by atoms with Crippen molar-refractivity contribution >= 4 is 17.5 Å². The summed E-state index contributed by atoms with van der Waals surface area (Å²) < 4.78 is 11.0. The highest BCUT2D eigenvalue weighted by molar-refractivity contribution is 5.80. The molecule has 0 N–H and O–H groups in total. The van der Waals surface area contributed by atoms with Crippen molar-refractivity contribution in [3.63, 3.8) is 0 Å². The number of carbonyl (C=O) groups is 2. The Morgan fingerprint density at radius 3 is 2.39 bits per heavy atom. The van der Waals surface area contributed by atoms with E-state index >= 15 is 0 Å². The van der Waals surface area contributed by atoms with Gasteiger partial charge in [-0.3, -0.25) is 9.59 Å². The lowest BCUT2D eigenvalue weighted by Gasteiger charge is -2.36. The molecule has 2 fully saturated rings. The van der Waals surface area contributed by atoms with Gasteiger partial charge in [0, 0.05) is 50.9 Å². The van der Waals surface area contributed by atoms with Crippen LogP contribution < -0.4 is 14.4 Å². The summed E-state index contributed by atoms with van der Waals surface area (Å²) in [6, 6.07) is 16.0. The lowest BCUT2D eigenvalue weighted by molar-refractivity contribution is -0.136. The van der Waals surface area contributed by atoms with Gasteiger partial charge in [0.25, 0.3) is 5.91 Å². The van der Waals surface area contributed by atoms with Crippen LogP contribution in [0.4, 0.5) is 5.69 Å². The Bertz CT molecular complexity index is 968. The molecule has 1 saturated carbocycles. The summed E-state index contributed by atoms with van der Waals surface area (Å²) in [5.74, 6) is 1.18. The van der Waals surface area contributed by atoms with Gasteiger partial charge in [0.1, 0.15) is 0 Å². The third kappa shape index (κ3) is 5.97. The normalized spacial score (nSPS) is 15.8. The first-order chi connectivity index (χ1) is 16.0. The molecule has 2 aliphatic rings. The van der Waals surface area contributed by atoms with Gasteiger partial charge < -0.3 is 24.2 Å². The molecule has 1 heterocycles. The Labute approximate surface area is 195 Å². The van der Waals surface area contributed by atoms with E-state index in [0.29, 0.717) is 37.6 Å². The van der Waals surface area contributed by atoms with E-state index in [1.165, 1.54) is 11.3 Å². The number of hydrogen-bond acceptors (Lipinski definition) is 5. The molecule has 176 valence electrons. The second-order valence-electron chi connectivity index (χ2n) is 8.71. The first kappa shape index (κ1) is 23.0. The quantitative estimate of drug-likeness (QED) is 0.586. The van der Waals surface area contributed by atoms with E-state index in [1.54, 1.807) is 19.2 Å². The number of methoxy groups -OCH3 is 1. The molecule has 0 atom stereocenters. The number of piperazine rings is 1. The minimum absolute atomic E-state index is 0.0553. The van der Waals surface area contributed by atoms with Crippen molar-refractivity contribution in [1.29, 1.82) is 0 Å². The maximum atomic E-state index is 12.8. The Balaban J connectivity index is 1.25. The third-order valence-corrected chi connectivity index (χ3v) is 6.29. The fourth-order valence-electron chi connectivity index (χ4n) is 4.27. The van der Waals surface area contributed by atoms with Gasteiger partial charge in [0.15, 0.2) is 18.1 Å². The van der Waals surface area contributed by atoms with Crippen molar-refractivity contribution < 1.29 is 19.1 Å². The molecular formula is C26H33N3O4. The number of hydrogen-bond donors (Lipinski definition) is 0. The van der Waals surface area contributed by atoms with Crippen molar-refractivity contribution in [2.24, 2.45) is 0 Å². The molecule has 2 amide bonds. The van der Waals surface area contributed by atoms with Gasteiger partial charge in [-0.1, -0.05) is 24.3 Å². The van der Waals surface area contributed by atoms with Gasteiger partial charge in [0.05, 0.1) is 7.11 Å². The number of amides is 2. The summed E-state index contributed by atoms with van der Waals surface area (Å²) in [4.78, 5) is 31.8. The average Bonchev–Trinajstić information content (AvgIpc) is 3.68. The number of para-hydroxylation sites is 2. The van der Waals surface area contributed by atoms with E-state index in [4.69, 9.17) is 9.47 Å². The number of benzene rings is 2. The van der Waals surface area contributed by atoms with Crippen molar-refractivity contribution in [1.82, 2.24) is 9.80 Å². The molecule has 1 aliphatic carbocycles. The summed E-state index contributed by atoms with van der Waals surface area (Å²) in [5.41, 5.74) is 2.45. The van der Waals surface area contributed by atoms with Crippen LogP contribution in [-0.4, -0.2) is 74.1 Å². The van der Waals surface area contributed by atoms with Crippen LogP contribution in [0.25, 0.3) is 0 Å². The van der Waals surface area contributed by atoms with Gasteiger partial charge in [0.2, 0.25) is 5.91 Å². The van der Waals surface area contributed by atoms with E-state index in [2.05, 4.69) is 36.1 Å². The Kier molecular flexibility index (Phi) is 7.37. The maximum absolute atomic E-state index is 12.8. The molecule has 1 saturated heterocycles. The fraction of sp³-hybridized carbons (Fsp3) is 0.462. The van der Waals surface area contributed by atoms with Gasteiger partial charge in [-0.25, -0.2) is 0 Å². The smallest absolute Gasteiger partial charge is 0.260 e. The first-order valence-corrected chi connectivity index (χ1v) is 11.7. The SMILES string of the molecule is COc1ccccc1OCC(=O)N(CCC(=O)N1CCN(c2cccc(C)c2)CC1)C1CC1. The van der Waals surface area contributed by atoms with Crippen LogP contribution in [0, 0.1) is 6.92 Å². The Hall–Kier alpha value is -3.22. The molecular weight excluding hydrogens is 418 g/mol. The molecule has 0 radical (unpaired) electrons. The lowest BCUT2D eigenvalue weighted by atomic mass is 10.2. The zero-order valence-electron chi connectivity index (χ0n) is 19.5. The van der Waals surface area contributed by atoms with Crippen LogP contribution >= 0.6 is 0 Å². The van der Waals surface area contributed by atoms with Crippen molar-refractivity contribution in [2.45, 2.75) is 32.2 Å². The topological polar surface area (TPSA) is 62.3 Å². The highest BCUT2D eigenvalue weighted by Gasteiger charge is 2.33. The standard InChI is InChI=1S/C26H33N3O4/c1-20-6-5-7-22(18-20)27-14-16-28(17-15-27)25(30)12-13-29(21-10-11-21)26(31)19-33-24-9-4-3-8-23(24)32-2/h3-9,18,21H,10-17,19H2,1-2H3. The highest BCUT2D eigenvalue weighted by atomic mass is 16.5. The molecule has 2 aromatic rings.